The van der Waals surface area contributed by atoms with Crippen LogP contribution in [0.1, 0.15) is 27.2 Å². The molecule has 0 aliphatic carbocycles. The topological polar surface area (TPSA) is 63.2 Å². The molecule has 5 nitrogen and oxygen atoms in total. The number of hydrogen-bond acceptors (Lipinski definition) is 4. The summed E-state index contributed by atoms with van der Waals surface area (Å²) in [6.07, 6.45) is 0.376. The van der Waals surface area contributed by atoms with Crippen molar-refractivity contribution >= 4 is 23.5 Å². The number of nitrogens with one attached hydrogen (secondary N) is 2. The fraction of sp³-hybridized carbons (Fsp3) is 0.538. The number of carbonyl (C=O) groups is 1. The summed E-state index contributed by atoms with van der Waals surface area (Å²) >= 11 is 5.76. The van der Waals surface area contributed by atoms with Gasteiger partial charge in [0.1, 0.15) is 16.6 Å². The molecular formula is C13H20ClN3O2. The quantitative estimate of drug-likeness (QED) is 0.645. The normalized spacial score (nSPS) is 10.9. The van der Waals surface area contributed by atoms with Crippen LogP contribution in [0.2, 0.25) is 5.15 Å². The monoisotopic (exact) mass is 285 g/mol. The number of halogens is 1. The van der Waals surface area contributed by atoms with E-state index in [1.54, 1.807) is 6.07 Å². The van der Waals surface area contributed by atoms with E-state index < -0.39 is 11.7 Å². The van der Waals surface area contributed by atoms with Crippen LogP contribution < -0.4 is 10.6 Å². The van der Waals surface area contributed by atoms with E-state index in [9.17, 15) is 4.79 Å². The lowest BCUT2D eigenvalue weighted by Crippen LogP contribution is -2.33. The second-order valence-electron chi connectivity index (χ2n) is 5.05. The summed E-state index contributed by atoms with van der Waals surface area (Å²) in [6, 6.07) is 5.39. The van der Waals surface area contributed by atoms with Crippen LogP contribution in [0.5, 0.6) is 0 Å². The Morgan fingerprint density at radius 1 is 1.37 bits per heavy atom. The number of aromatic nitrogens is 1. The lowest BCUT2D eigenvalue weighted by molar-refractivity contribution is 0.0528. The van der Waals surface area contributed by atoms with Gasteiger partial charge in [0, 0.05) is 13.1 Å². The first kappa shape index (κ1) is 15.6. The number of amides is 1. The van der Waals surface area contributed by atoms with Gasteiger partial charge in [-0.25, -0.2) is 9.78 Å². The van der Waals surface area contributed by atoms with Crippen LogP contribution >= 0.6 is 11.6 Å². The number of anilines is 1. The van der Waals surface area contributed by atoms with Crippen LogP contribution in [-0.4, -0.2) is 29.8 Å². The molecular weight excluding hydrogens is 266 g/mol. The van der Waals surface area contributed by atoms with Crippen molar-refractivity contribution in [3.63, 3.8) is 0 Å². The molecule has 0 aromatic carbocycles. The van der Waals surface area contributed by atoms with Crippen LogP contribution in [0, 0.1) is 0 Å². The predicted molar refractivity (Wildman–Crippen MR) is 76.6 cm³/mol. The Balaban J connectivity index is 2.13. The Morgan fingerprint density at radius 3 is 2.74 bits per heavy atom. The molecule has 1 amide bonds. The molecule has 6 heteroatoms. The molecule has 0 bridgehead atoms. The molecule has 0 radical (unpaired) electrons. The Morgan fingerprint density at radius 2 is 2.11 bits per heavy atom. The van der Waals surface area contributed by atoms with Crippen LogP contribution in [0.25, 0.3) is 0 Å². The second-order valence-corrected chi connectivity index (χ2v) is 5.44. The van der Waals surface area contributed by atoms with Gasteiger partial charge in [-0.05, 0) is 39.3 Å². The van der Waals surface area contributed by atoms with E-state index in [2.05, 4.69) is 15.6 Å². The smallest absolute Gasteiger partial charge is 0.407 e. The standard InChI is InChI=1S/C13H20ClN3O2/c1-13(2,3)19-12(18)16-9-5-8-15-11-7-4-6-10(14)17-11/h4,6-7H,5,8-9H2,1-3H3,(H,15,17)(H,16,18). The van der Waals surface area contributed by atoms with E-state index in [4.69, 9.17) is 16.3 Å². The second kappa shape index (κ2) is 7.19. The zero-order valence-electron chi connectivity index (χ0n) is 11.5. The van der Waals surface area contributed by atoms with Gasteiger partial charge >= 0.3 is 6.09 Å². The molecule has 106 valence electrons. The minimum absolute atomic E-state index is 0.395. The van der Waals surface area contributed by atoms with E-state index in [0.29, 0.717) is 18.2 Å². The number of hydrogen-bond donors (Lipinski definition) is 2. The molecule has 1 heterocycles. The van der Waals surface area contributed by atoms with Crippen molar-refractivity contribution in [3.05, 3.63) is 23.4 Å². The van der Waals surface area contributed by atoms with Gasteiger partial charge in [0.05, 0.1) is 0 Å². The zero-order valence-corrected chi connectivity index (χ0v) is 12.3. The van der Waals surface area contributed by atoms with Crippen molar-refractivity contribution in [2.45, 2.75) is 32.8 Å². The summed E-state index contributed by atoms with van der Waals surface area (Å²) in [4.78, 5) is 15.4. The molecule has 0 spiro atoms. The lowest BCUT2D eigenvalue weighted by Gasteiger charge is -2.19. The number of carbonyl (C=O) groups excluding carboxylic acids is 1. The molecule has 0 saturated heterocycles. The Bertz CT molecular complexity index is 419. The third-order valence-corrected chi connectivity index (χ3v) is 2.25. The molecule has 0 aliphatic rings. The number of pyridine rings is 1. The highest BCUT2D eigenvalue weighted by molar-refractivity contribution is 6.29. The molecule has 1 aromatic rings. The summed E-state index contributed by atoms with van der Waals surface area (Å²) in [5.41, 5.74) is -0.465. The van der Waals surface area contributed by atoms with E-state index in [1.807, 2.05) is 32.9 Å². The number of nitrogens with zero attached hydrogens (tertiary/aromatic N) is 1. The van der Waals surface area contributed by atoms with Crippen LogP contribution in [0.3, 0.4) is 0 Å². The van der Waals surface area contributed by atoms with E-state index in [1.165, 1.54) is 0 Å². The van der Waals surface area contributed by atoms with Crippen molar-refractivity contribution in [1.82, 2.24) is 10.3 Å². The molecule has 0 atom stereocenters. The fourth-order valence-corrected chi connectivity index (χ4v) is 1.48. The average molecular weight is 286 g/mol. The third-order valence-electron chi connectivity index (χ3n) is 2.04. The summed E-state index contributed by atoms with van der Waals surface area (Å²) in [5, 5.41) is 6.26. The first-order valence-corrected chi connectivity index (χ1v) is 6.58. The zero-order chi connectivity index (χ0) is 14.3. The van der Waals surface area contributed by atoms with Crippen LogP contribution in [0.15, 0.2) is 18.2 Å². The molecule has 19 heavy (non-hydrogen) atoms. The molecule has 0 saturated carbocycles. The van der Waals surface area contributed by atoms with Gasteiger partial charge in [-0.1, -0.05) is 17.7 Å². The minimum Gasteiger partial charge on any atom is -0.444 e. The van der Waals surface area contributed by atoms with Gasteiger partial charge in [0.2, 0.25) is 0 Å². The van der Waals surface area contributed by atoms with E-state index >= 15 is 0 Å². The van der Waals surface area contributed by atoms with Crippen molar-refractivity contribution in [1.29, 1.82) is 0 Å². The average Bonchev–Trinajstić information content (AvgIpc) is 2.26. The van der Waals surface area contributed by atoms with Gasteiger partial charge in [-0.15, -0.1) is 0 Å². The third kappa shape index (κ3) is 7.51. The summed E-state index contributed by atoms with van der Waals surface area (Å²) in [7, 11) is 0. The van der Waals surface area contributed by atoms with Gasteiger partial charge in [0.25, 0.3) is 0 Å². The van der Waals surface area contributed by atoms with E-state index in [0.717, 1.165) is 12.2 Å². The first-order chi connectivity index (χ1) is 8.87. The first-order valence-electron chi connectivity index (χ1n) is 6.20. The lowest BCUT2D eigenvalue weighted by atomic mass is 10.2. The Kier molecular flexibility index (Phi) is 5.89. The highest BCUT2D eigenvalue weighted by Crippen LogP contribution is 2.09. The van der Waals surface area contributed by atoms with E-state index in [-0.39, 0.29) is 0 Å². The maximum atomic E-state index is 11.4. The van der Waals surface area contributed by atoms with Gasteiger partial charge in [-0.2, -0.15) is 0 Å². The SMILES string of the molecule is CC(C)(C)OC(=O)NCCCNc1cccc(Cl)n1. The van der Waals surface area contributed by atoms with Crippen LogP contribution in [-0.2, 0) is 4.74 Å². The van der Waals surface area contributed by atoms with Crippen LogP contribution in [0.4, 0.5) is 10.6 Å². The molecule has 0 aliphatic heterocycles. The molecule has 0 unspecified atom stereocenters. The van der Waals surface area contributed by atoms with Crippen molar-refractivity contribution in [2.24, 2.45) is 0 Å². The number of ether oxygens (including phenoxy) is 1. The summed E-state index contributed by atoms with van der Waals surface area (Å²) in [5.74, 6) is 0.727. The molecule has 1 aromatic heterocycles. The van der Waals surface area contributed by atoms with Gasteiger partial charge in [0.15, 0.2) is 0 Å². The molecule has 0 fully saturated rings. The largest absolute Gasteiger partial charge is 0.444 e. The Hall–Kier alpha value is -1.49. The van der Waals surface area contributed by atoms with Gasteiger partial charge in [-0.3, -0.25) is 0 Å². The maximum Gasteiger partial charge on any atom is 0.407 e. The summed E-state index contributed by atoms with van der Waals surface area (Å²) in [6.45, 7) is 6.74. The highest BCUT2D eigenvalue weighted by atomic mass is 35.5. The predicted octanol–water partition coefficient (Wildman–Crippen LogP) is 3.06. The van der Waals surface area contributed by atoms with Crippen molar-refractivity contribution in [3.8, 4) is 0 Å². The number of alkyl carbamates (subject to hydrolysis) is 1. The highest BCUT2D eigenvalue weighted by Gasteiger charge is 2.15. The maximum absolute atomic E-state index is 11.4. The van der Waals surface area contributed by atoms with Crippen molar-refractivity contribution in [2.75, 3.05) is 18.4 Å². The fourth-order valence-electron chi connectivity index (χ4n) is 1.32. The Labute approximate surface area is 118 Å². The minimum atomic E-state index is -0.465. The summed E-state index contributed by atoms with van der Waals surface area (Å²) < 4.78 is 5.12. The van der Waals surface area contributed by atoms with Crippen molar-refractivity contribution < 1.29 is 9.53 Å². The number of rotatable bonds is 5. The molecule has 2 N–H and O–H groups in total. The van der Waals surface area contributed by atoms with Gasteiger partial charge < -0.3 is 15.4 Å². The molecule has 1 rings (SSSR count).